The van der Waals surface area contributed by atoms with Gasteiger partial charge in [-0.3, -0.25) is 9.59 Å². The molecule has 1 aromatic carbocycles. The van der Waals surface area contributed by atoms with E-state index in [1.54, 1.807) is 12.1 Å². The number of imide groups is 1. The molecular formula is C17H15NO4. The zero-order valence-corrected chi connectivity index (χ0v) is 12.0. The van der Waals surface area contributed by atoms with Gasteiger partial charge in [0.05, 0.1) is 22.6 Å². The van der Waals surface area contributed by atoms with Crippen molar-refractivity contribution >= 4 is 23.5 Å². The molecule has 5 nitrogen and oxygen atoms in total. The van der Waals surface area contributed by atoms with E-state index < -0.39 is 11.4 Å². The first kappa shape index (κ1) is 13.2. The van der Waals surface area contributed by atoms with Crippen LogP contribution in [0, 0.1) is 23.2 Å². The van der Waals surface area contributed by atoms with Gasteiger partial charge >= 0.3 is 5.97 Å². The molecule has 2 aliphatic carbocycles. The van der Waals surface area contributed by atoms with Crippen molar-refractivity contribution < 1.29 is 19.5 Å². The van der Waals surface area contributed by atoms with E-state index >= 15 is 0 Å². The van der Waals surface area contributed by atoms with Crippen molar-refractivity contribution in [2.24, 2.45) is 23.2 Å². The first-order valence-electron chi connectivity index (χ1n) is 7.34. The molecule has 0 unspecified atom stereocenters. The lowest BCUT2D eigenvalue weighted by atomic mass is 9.71. The first-order valence-corrected chi connectivity index (χ1v) is 7.34. The molecule has 2 bridgehead atoms. The summed E-state index contributed by atoms with van der Waals surface area (Å²) < 4.78 is 0. The van der Waals surface area contributed by atoms with Crippen molar-refractivity contribution in [3.63, 3.8) is 0 Å². The molecule has 3 aliphatic rings. The Hall–Kier alpha value is -2.43. The summed E-state index contributed by atoms with van der Waals surface area (Å²) in [4.78, 5) is 38.0. The number of hydrogen-bond donors (Lipinski definition) is 1. The minimum atomic E-state index is -1.07. The number of anilines is 1. The van der Waals surface area contributed by atoms with E-state index in [1.165, 1.54) is 17.0 Å². The highest BCUT2D eigenvalue weighted by Gasteiger charge is 2.67. The molecule has 0 radical (unpaired) electrons. The maximum Gasteiger partial charge on any atom is 0.335 e. The Labute approximate surface area is 127 Å². The van der Waals surface area contributed by atoms with Gasteiger partial charge in [0.1, 0.15) is 0 Å². The Morgan fingerprint density at radius 3 is 2.77 bits per heavy atom. The molecule has 1 N–H and O–H groups in total. The standard InChI is InChI=1S/C17H15NO4/c1-17-11-6-5-9(7-11)13(17)14(19)18(16(17)22)12-4-2-3-10(8-12)15(20)21/h2-6,8-9,11,13H,7H2,1H3,(H,20,21)/t9-,11-,13-,17-/m1/s1. The molecule has 1 aliphatic heterocycles. The van der Waals surface area contributed by atoms with Gasteiger partial charge in [0.2, 0.25) is 11.8 Å². The summed E-state index contributed by atoms with van der Waals surface area (Å²) in [6.07, 6.45) is 4.95. The highest BCUT2D eigenvalue weighted by atomic mass is 16.4. The van der Waals surface area contributed by atoms with Gasteiger partial charge in [0.15, 0.2) is 0 Å². The van der Waals surface area contributed by atoms with Crippen molar-refractivity contribution in [3.8, 4) is 0 Å². The molecular weight excluding hydrogens is 282 g/mol. The van der Waals surface area contributed by atoms with Crippen LogP contribution < -0.4 is 4.90 Å². The summed E-state index contributed by atoms with van der Waals surface area (Å²) in [5, 5.41) is 9.09. The molecule has 0 spiro atoms. The summed E-state index contributed by atoms with van der Waals surface area (Å²) in [6, 6.07) is 6.01. The van der Waals surface area contributed by atoms with Crippen molar-refractivity contribution in [3.05, 3.63) is 42.0 Å². The van der Waals surface area contributed by atoms with E-state index in [9.17, 15) is 14.4 Å². The number of carboxylic acid groups (broad SMARTS) is 1. The molecule has 112 valence electrons. The summed E-state index contributed by atoms with van der Waals surface area (Å²) in [6.45, 7) is 1.87. The fraction of sp³-hybridized carbons (Fsp3) is 0.353. The largest absolute Gasteiger partial charge is 0.478 e. The van der Waals surface area contributed by atoms with Crippen LogP contribution in [0.2, 0.25) is 0 Å². The quantitative estimate of drug-likeness (QED) is 0.670. The number of hydrogen-bond acceptors (Lipinski definition) is 3. The average Bonchev–Trinajstić information content (AvgIpc) is 3.12. The Balaban J connectivity index is 1.79. The summed E-state index contributed by atoms with van der Waals surface area (Å²) in [7, 11) is 0. The van der Waals surface area contributed by atoms with Gasteiger partial charge in [0, 0.05) is 0 Å². The Morgan fingerprint density at radius 2 is 2.09 bits per heavy atom. The molecule has 1 saturated carbocycles. The smallest absolute Gasteiger partial charge is 0.335 e. The topological polar surface area (TPSA) is 74.7 Å². The van der Waals surface area contributed by atoms with Crippen LogP contribution in [0.25, 0.3) is 0 Å². The minimum absolute atomic E-state index is 0.0707. The predicted molar refractivity (Wildman–Crippen MR) is 78.2 cm³/mol. The van der Waals surface area contributed by atoms with Gasteiger partial charge in [-0.2, -0.15) is 0 Å². The number of nitrogens with zero attached hydrogens (tertiary/aromatic N) is 1. The van der Waals surface area contributed by atoms with Gasteiger partial charge in [-0.25, -0.2) is 9.69 Å². The molecule has 2 fully saturated rings. The third-order valence-electron chi connectivity index (χ3n) is 5.46. The zero-order valence-electron chi connectivity index (χ0n) is 12.0. The van der Waals surface area contributed by atoms with Crippen LogP contribution in [-0.4, -0.2) is 22.9 Å². The number of carboxylic acids is 1. The maximum absolute atomic E-state index is 12.9. The van der Waals surface area contributed by atoms with Crippen molar-refractivity contribution in [1.82, 2.24) is 0 Å². The molecule has 5 heteroatoms. The lowest BCUT2D eigenvalue weighted by molar-refractivity contribution is -0.127. The highest BCUT2D eigenvalue weighted by Crippen LogP contribution is 2.60. The van der Waals surface area contributed by atoms with E-state index in [0.717, 1.165) is 6.42 Å². The number of benzene rings is 1. The van der Waals surface area contributed by atoms with Gasteiger partial charge in [-0.15, -0.1) is 0 Å². The first-order chi connectivity index (χ1) is 10.4. The Bertz CT molecular complexity index is 753. The number of rotatable bonds is 2. The fourth-order valence-electron chi connectivity index (χ4n) is 4.33. The predicted octanol–water partition coefficient (Wildman–Crippen LogP) is 2.09. The van der Waals surface area contributed by atoms with E-state index in [4.69, 9.17) is 5.11 Å². The average molecular weight is 297 g/mol. The Kier molecular flexibility index (Phi) is 2.45. The molecule has 1 saturated heterocycles. The zero-order chi connectivity index (χ0) is 15.6. The van der Waals surface area contributed by atoms with Gasteiger partial charge in [-0.1, -0.05) is 18.2 Å². The second-order valence-electron chi connectivity index (χ2n) is 6.49. The number of carbonyl (C=O) groups excluding carboxylic acids is 2. The second-order valence-corrected chi connectivity index (χ2v) is 6.49. The number of fused-ring (bicyclic) bond motifs is 5. The number of carbonyl (C=O) groups is 3. The van der Waals surface area contributed by atoms with Gasteiger partial charge in [-0.05, 0) is 43.4 Å². The van der Waals surface area contributed by atoms with Crippen LogP contribution in [0.3, 0.4) is 0 Å². The third kappa shape index (κ3) is 1.41. The van der Waals surface area contributed by atoms with Crippen LogP contribution in [-0.2, 0) is 9.59 Å². The summed E-state index contributed by atoms with van der Waals surface area (Å²) in [5.74, 6) is -1.57. The van der Waals surface area contributed by atoms with Gasteiger partial charge < -0.3 is 5.11 Å². The van der Waals surface area contributed by atoms with E-state index in [2.05, 4.69) is 0 Å². The molecule has 1 aromatic rings. The number of allylic oxidation sites excluding steroid dienone is 2. The van der Waals surface area contributed by atoms with Crippen LogP contribution >= 0.6 is 0 Å². The summed E-state index contributed by atoms with van der Waals surface area (Å²) in [5.41, 5.74) is -0.262. The minimum Gasteiger partial charge on any atom is -0.478 e. The van der Waals surface area contributed by atoms with Crippen LogP contribution in [0.4, 0.5) is 5.69 Å². The maximum atomic E-state index is 12.9. The molecule has 1 heterocycles. The van der Waals surface area contributed by atoms with E-state index in [1.807, 2.05) is 19.1 Å². The fourth-order valence-corrected chi connectivity index (χ4v) is 4.33. The van der Waals surface area contributed by atoms with Gasteiger partial charge in [0.25, 0.3) is 0 Å². The molecule has 22 heavy (non-hydrogen) atoms. The normalized spacial score (nSPS) is 35.3. The lowest BCUT2D eigenvalue weighted by Crippen LogP contribution is -2.37. The monoisotopic (exact) mass is 297 g/mol. The molecule has 4 atom stereocenters. The SMILES string of the molecule is C[C@]12C(=O)N(c3cccc(C(=O)O)c3)C(=O)[C@H]1[C@@H]1C=C[C@@H]2C1. The second kappa shape index (κ2) is 4.06. The van der Waals surface area contributed by atoms with E-state index in [-0.39, 0.29) is 35.1 Å². The third-order valence-corrected chi connectivity index (χ3v) is 5.46. The van der Waals surface area contributed by atoms with Crippen molar-refractivity contribution in [1.29, 1.82) is 0 Å². The highest BCUT2D eigenvalue weighted by molar-refractivity contribution is 6.24. The number of aromatic carboxylic acids is 1. The van der Waals surface area contributed by atoms with Crippen LogP contribution in [0.15, 0.2) is 36.4 Å². The molecule has 2 amide bonds. The summed E-state index contributed by atoms with van der Waals surface area (Å²) >= 11 is 0. The van der Waals surface area contributed by atoms with Crippen LogP contribution in [0.5, 0.6) is 0 Å². The van der Waals surface area contributed by atoms with E-state index in [0.29, 0.717) is 5.69 Å². The van der Waals surface area contributed by atoms with Crippen LogP contribution in [0.1, 0.15) is 23.7 Å². The van der Waals surface area contributed by atoms with Crippen molar-refractivity contribution in [2.75, 3.05) is 4.90 Å². The number of amides is 2. The molecule has 4 rings (SSSR count). The molecule has 0 aromatic heterocycles. The van der Waals surface area contributed by atoms with Crippen molar-refractivity contribution in [2.45, 2.75) is 13.3 Å². The lowest BCUT2D eigenvalue weighted by Gasteiger charge is -2.28. The Morgan fingerprint density at radius 1 is 1.32 bits per heavy atom.